The second-order valence-electron chi connectivity index (χ2n) is 8.23. The Morgan fingerprint density at radius 3 is 2.00 bits per heavy atom. The summed E-state index contributed by atoms with van der Waals surface area (Å²) < 4.78 is 12.8. The minimum atomic E-state index is -2.60. The molecule has 0 unspecified atom stereocenters. The summed E-state index contributed by atoms with van der Waals surface area (Å²) in [4.78, 5) is 0. The van der Waals surface area contributed by atoms with E-state index in [-0.39, 0.29) is 17.2 Å². The van der Waals surface area contributed by atoms with Gasteiger partial charge < -0.3 is 14.3 Å². The Morgan fingerprint density at radius 1 is 1.07 bits per heavy atom. The Labute approximate surface area is 163 Å². The smallest absolute Gasteiger partial charge is 0.261 e. The van der Waals surface area contributed by atoms with Crippen LogP contribution in [0.2, 0.25) is 5.04 Å². The minimum absolute atomic E-state index is 0.0862. The maximum absolute atomic E-state index is 10.4. The number of aliphatic hydroxyl groups is 1. The van der Waals surface area contributed by atoms with E-state index in [1.165, 1.54) is 10.4 Å². The molecule has 0 bridgehead atoms. The first-order chi connectivity index (χ1) is 12.9. The van der Waals surface area contributed by atoms with E-state index in [9.17, 15) is 5.11 Å². The standard InChI is InChI=1S/C23H30O3Si/c1-5-18-16-21(24)22(26-18)17-25-27(23(2,3)4,19-12-8-6-9-13-19)20-14-10-7-11-15-20/h5-15,18,21-22,24H,1,16-17H2,2-4H3/t18-,21-,22+/m0/s1. The van der Waals surface area contributed by atoms with E-state index in [2.05, 4.69) is 75.9 Å². The molecule has 1 saturated heterocycles. The highest BCUT2D eigenvalue weighted by Gasteiger charge is 2.51. The van der Waals surface area contributed by atoms with Crippen molar-refractivity contribution in [1.29, 1.82) is 0 Å². The lowest BCUT2D eigenvalue weighted by Gasteiger charge is -2.43. The number of rotatable bonds is 6. The largest absolute Gasteiger partial charge is 0.405 e. The van der Waals surface area contributed by atoms with Gasteiger partial charge in [-0.05, 0) is 15.4 Å². The van der Waals surface area contributed by atoms with E-state index in [4.69, 9.17) is 9.16 Å². The fraction of sp³-hybridized carbons (Fsp3) is 0.391. The second-order valence-corrected chi connectivity index (χ2v) is 12.5. The van der Waals surface area contributed by atoms with Gasteiger partial charge in [-0.1, -0.05) is 87.5 Å². The van der Waals surface area contributed by atoms with Gasteiger partial charge in [0.1, 0.15) is 6.10 Å². The summed E-state index contributed by atoms with van der Waals surface area (Å²) in [6.45, 7) is 10.9. The van der Waals surface area contributed by atoms with Crippen LogP contribution in [0.4, 0.5) is 0 Å². The van der Waals surface area contributed by atoms with Crippen LogP contribution in [0.3, 0.4) is 0 Å². The molecule has 0 amide bonds. The molecule has 1 fully saturated rings. The van der Waals surface area contributed by atoms with Crippen molar-refractivity contribution in [2.45, 2.75) is 50.5 Å². The number of aliphatic hydroxyl groups excluding tert-OH is 1. The van der Waals surface area contributed by atoms with Gasteiger partial charge in [0.2, 0.25) is 0 Å². The highest BCUT2D eigenvalue weighted by Crippen LogP contribution is 2.37. The molecule has 1 aliphatic heterocycles. The summed E-state index contributed by atoms with van der Waals surface area (Å²) in [6.07, 6.45) is 1.39. The van der Waals surface area contributed by atoms with Gasteiger partial charge in [0, 0.05) is 6.42 Å². The lowest BCUT2D eigenvalue weighted by Crippen LogP contribution is -2.67. The number of benzene rings is 2. The minimum Gasteiger partial charge on any atom is -0.405 e. The van der Waals surface area contributed by atoms with Gasteiger partial charge in [-0.2, -0.15) is 0 Å². The number of ether oxygens (including phenoxy) is 1. The predicted molar refractivity (Wildman–Crippen MR) is 113 cm³/mol. The van der Waals surface area contributed by atoms with Crippen LogP contribution in [0, 0.1) is 0 Å². The highest BCUT2D eigenvalue weighted by atomic mass is 28.4. The molecule has 0 aromatic heterocycles. The van der Waals surface area contributed by atoms with Crippen molar-refractivity contribution in [2.24, 2.45) is 0 Å². The summed E-state index contributed by atoms with van der Waals surface area (Å²) in [6, 6.07) is 21.0. The fourth-order valence-electron chi connectivity index (χ4n) is 4.03. The summed E-state index contributed by atoms with van der Waals surface area (Å²) in [7, 11) is -2.60. The van der Waals surface area contributed by atoms with Crippen LogP contribution in [0.1, 0.15) is 27.2 Å². The molecule has 144 valence electrons. The second kappa shape index (κ2) is 8.11. The zero-order chi connectivity index (χ0) is 19.5. The number of hydrogen-bond donors (Lipinski definition) is 1. The van der Waals surface area contributed by atoms with Crippen molar-refractivity contribution in [1.82, 2.24) is 0 Å². The van der Waals surface area contributed by atoms with Crippen LogP contribution in [0.25, 0.3) is 0 Å². The SMILES string of the molecule is C=C[C@H]1C[C@H](O)[C@@H](CO[Si](c2ccccc2)(c2ccccc2)C(C)(C)C)O1. The zero-order valence-electron chi connectivity index (χ0n) is 16.5. The van der Waals surface area contributed by atoms with Crippen molar-refractivity contribution >= 4 is 18.7 Å². The molecule has 3 atom stereocenters. The third-order valence-electron chi connectivity index (χ3n) is 5.40. The zero-order valence-corrected chi connectivity index (χ0v) is 17.5. The van der Waals surface area contributed by atoms with Crippen molar-refractivity contribution in [3.8, 4) is 0 Å². The van der Waals surface area contributed by atoms with Gasteiger partial charge in [-0.3, -0.25) is 0 Å². The van der Waals surface area contributed by atoms with Gasteiger partial charge in [0.25, 0.3) is 8.32 Å². The Kier molecular flexibility index (Phi) is 6.01. The van der Waals surface area contributed by atoms with Crippen LogP contribution in [-0.2, 0) is 9.16 Å². The molecule has 27 heavy (non-hydrogen) atoms. The Bertz CT molecular complexity index is 700. The first-order valence-corrected chi connectivity index (χ1v) is 11.5. The molecule has 3 nitrogen and oxygen atoms in total. The average molecular weight is 383 g/mol. The monoisotopic (exact) mass is 382 g/mol. The topological polar surface area (TPSA) is 38.7 Å². The summed E-state index contributed by atoms with van der Waals surface area (Å²) in [5.41, 5.74) is 0. The molecule has 4 heteroatoms. The molecule has 2 aromatic rings. The Hall–Kier alpha value is -1.72. The fourth-order valence-corrected chi connectivity index (χ4v) is 8.60. The van der Waals surface area contributed by atoms with Crippen LogP contribution in [0.15, 0.2) is 73.3 Å². The van der Waals surface area contributed by atoms with Crippen LogP contribution < -0.4 is 10.4 Å². The maximum atomic E-state index is 10.4. The molecular weight excluding hydrogens is 352 g/mol. The molecule has 0 spiro atoms. The third kappa shape index (κ3) is 3.94. The molecule has 1 aliphatic rings. The van der Waals surface area contributed by atoms with E-state index in [0.29, 0.717) is 13.0 Å². The van der Waals surface area contributed by atoms with Crippen molar-refractivity contribution < 1.29 is 14.3 Å². The molecule has 3 rings (SSSR count). The third-order valence-corrected chi connectivity index (χ3v) is 10.4. The van der Waals surface area contributed by atoms with Gasteiger partial charge >= 0.3 is 0 Å². The first-order valence-electron chi connectivity index (χ1n) is 9.59. The highest BCUT2D eigenvalue weighted by molar-refractivity contribution is 6.99. The van der Waals surface area contributed by atoms with E-state index < -0.39 is 14.4 Å². The van der Waals surface area contributed by atoms with E-state index in [0.717, 1.165) is 0 Å². The summed E-state index contributed by atoms with van der Waals surface area (Å²) >= 11 is 0. The normalized spacial score (nSPS) is 23.3. The van der Waals surface area contributed by atoms with E-state index >= 15 is 0 Å². The molecule has 0 aliphatic carbocycles. The van der Waals surface area contributed by atoms with Crippen LogP contribution in [-0.4, -0.2) is 38.3 Å². The number of hydrogen-bond acceptors (Lipinski definition) is 3. The molecule has 0 radical (unpaired) electrons. The van der Waals surface area contributed by atoms with Crippen molar-refractivity contribution in [3.63, 3.8) is 0 Å². The summed E-state index contributed by atoms with van der Waals surface area (Å²) in [5.74, 6) is 0. The van der Waals surface area contributed by atoms with Crippen molar-refractivity contribution in [3.05, 3.63) is 73.3 Å². The quantitative estimate of drug-likeness (QED) is 0.616. The van der Waals surface area contributed by atoms with Crippen LogP contribution >= 0.6 is 0 Å². The molecular formula is C23H30O3Si. The van der Waals surface area contributed by atoms with E-state index in [1.54, 1.807) is 6.08 Å². The van der Waals surface area contributed by atoms with Gasteiger partial charge in [-0.15, -0.1) is 6.58 Å². The van der Waals surface area contributed by atoms with Gasteiger partial charge in [-0.25, -0.2) is 0 Å². The van der Waals surface area contributed by atoms with Gasteiger partial charge in [0.05, 0.1) is 18.8 Å². The van der Waals surface area contributed by atoms with E-state index in [1.807, 2.05) is 12.1 Å². The molecule has 1 N–H and O–H groups in total. The lowest BCUT2D eigenvalue weighted by molar-refractivity contribution is -0.00644. The average Bonchev–Trinajstić information content (AvgIpc) is 3.03. The lowest BCUT2D eigenvalue weighted by atomic mass is 10.1. The Balaban J connectivity index is 2.01. The van der Waals surface area contributed by atoms with Crippen molar-refractivity contribution in [2.75, 3.05) is 6.61 Å². The predicted octanol–water partition coefficient (Wildman–Crippen LogP) is 3.27. The molecule has 1 heterocycles. The Morgan fingerprint density at radius 2 is 1.59 bits per heavy atom. The van der Waals surface area contributed by atoms with Gasteiger partial charge in [0.15, 0.2) is 0 Å². The molecule has 2 aromatic carbocycles. The maximum Gasteiger partial charge on any atom is 0.261 e. The first kappa shape index (κ1) is 20.0. The van der Waals surface area contributed by atoms with Crippen LogP contribution in [0.5, 0.6) is 0 Å². The molecule has 0 saturated carbocycles. The summed E-state index contributed by atoms with van der Waals surface area (Å²) in [5, 5.41) is 12.8.